The Bertz CT molecular complexity index is 697. The van der Waals surface area contributed by atoms with Crippen LogP contribution in [0.2, 0.25) is 0 Å². The maximum absolute atomic E-state index is 12.5. The van der Waals surface area contributed by atoms with E-state index in [4.69, 9.17) is 0 Å². The number of unbranched alkanes of at least 4 members (excludes halogenated alkanes) is 2. The molecule has 0 aromatic rings. The van der Waals surface area contributed by atoms with Gasteiger partial charge in [-0.1, -0.05) is 39.2 Å². The van der Waals surface area contributed by atoms with Gasteiger partial charge in [-0.2, -0.15) is 11.8 Å². The lowest BCUT2D eigenvalue weighted by atomic mass is 9.46. The molecule has 0 bridgehead atoms. The Balaban J connectivity index is 1.66. The zero-order chi connectivity index (χ0) is 20.8. The summed E-state index contributed by atoms with van der Waals surface area (Å²) in [6, 6.07) is 0. The Morgan fingerprint density at radius 1 is 1.14 bits per heavy atom. The van der Waals surface area contributed by atoms with Crippen LogP contribution in [0.15, 0.2) is 11.6 Å². The second kappa shape index (κ2) is 8.17. The number of Topliss-reactive ketones (excluding diaryl/α,β-unsaturated/α-hetero) is 1. The van der Waals surface area contributed by atoms with Crippen LogP contribution in [-0.4, -0.2) is 22.6 Å². The van der Waals surface area contributed by atoms with Crippen LogP contribution in [0.3, 0.4) is 0 Å². The van der Waals surface area contributed by atoms with Crippen LogP contribution in [0, 0.1) is 34.5 Å². The lowest BCUT2D eigenvalue weighted by molar-refractivity contribution is -0.128. The highest BCUT2D eigenvalue weighted by Gasteiger charge is 2.61. The van der Waals surface area contributed by atoms with E-state index < -0.39 is 0 Å². The molecule has 0 aromatic carbocycles. The van der Waals surface area contributed by atoms with Gasteiger partial charge in [0.1, 0.15) is 5.78 Å². The summed E-state index contributed by atoms with van der Waals surface area (Å²) in [7, 11) is 0. The normalized spacial score (nSPS) is 43.9. The Labute approximate surface area is 182 Å². The van der Waals surface area contributed by atoms with Crippen molar-refractivity contribution in [3.05, 3.63) is 11.6 Å². The first kappa shape index (κ1) is 21.7. The van der Waals surface area contributed by atoms with E-state index in [0.717, 1.165) is 31.6 Å². The van der Waals surface area contributed by atoms with E-state index in [9.17, 15) is 9.59 Å². The quantitative estimate of drug-likeness (QED) is 0.456. The van der Waals surface area contributed by atoms with Gasteiger partial charge in [-0.25, -0.2) is 0 Å². The summed E-state index contributed by atoms with van der Waals surface area (Å²) < 4.78 is 0. The van der Waals surface area contributed by atoms with Crippen LogP contribution in [0.25, 0.3) is 0 Å². The molecular weight excluding hydrogens is 376 g/mol. The molecule has 29 heavy (non-hydrogen) atoms. The number of allylic oxidation sites excluding steroid dienone is 1. The molecule has 7 atom stereocenters. The van der Waals surface area contributed by atoms with Crippen LogP contribution in [0.4, 0.5) is 0 Å². The van der Waals surface area contributed by atoms with Gasteiger partial charge in [0, 0.05) is 17.6 Å². The van der Waals surface area contributed by atoms with Gasteiger partial charge in [0.05, 0.1) is 0 Å². The summed E-state index contributed by atoms with van der Waals surface area (Å²) in [4.78, 5) is 24.7. The van der Waals surface area contributed by atoms with Crippen molar-refractivity contribution in [3.63, 3.8) is 0 Å². The van der Waals surface area contributed by atoms with Crippen molar-refractivity contribution in [2.75, 3.05) is 5.75 Å². The van der Waals surface area contributed by atoms with E-state index in [2.05, 4.69) is 32.5 Å². The first-order valence-corrected chi connectivity index (χ1v) is 13.2. The highest BCUT2D eigenvalue weighted by atomic mass is 32.2. The van der Waals surface area contributed by atoms with Gasteiger partial charge < -0.3 is 0 Å². The topological polar surface area (TPSA) is 34.1 Å². The van der Waals surface area contributed by atoms with E-state index in [0.29, 0.717) is 28.7 Å². The van der Waals surface area contributed by atoms with E-state index >= 15 is 0 Å². The van der Waals surface area contributed by atoms with Crippen molar-refractivity contribution in [1.29, 1.82) is 0 Å². The summed E-state index contributed by atoms with van der Waals surface area (Å²) in [6.45, 7) is 9.03. The summed E-state index contributed by atoms with van der Waals surface area (Å²) >= 11 is 2.20. The molecule has 0 heterocycles. The third-order valence-corrected chi connectivity index (χ3v) is 11.0. The van der Waals surface area contributed by atoms with Gasteiger partial charge >= 0.3 is 0 Å². The highest BCUT2D eigenvalue weighted by Crippen LogP contribution is 2.68. The molecule has 0 amide bonds. The average molecular weight is 417 g/mol. The standard InChI is InChI=1S/C26H40O2S/c1-5-6-7-14-29-23-16-18-15-19(28)10-12-25(18,3)22-11-13-26(4)20(17(2)27)8-9-21(26)24(22)23/h15,20-24H,5-14,16H2,1-4H3/t20-,21+,22+,23-,24+,25+,26-/m1/s1. The lowest BCUT2D eigenvalue weighted by Crippen LogP contribution is -2.55. The predicted molar refractivity (Wildman–Crippen MR) is 122 cm³/mol. The molecule has 0 radical (unpaired) electrons. The zero-order valence-electron chi connectivity index (χ0n) is 19.0. The molecule has 4 aliphatic rings. The second-order valence-corrected chi connectivity index (χ2v) is 12.3. The molecule has 4 aliphatic carbocycles. The molecule has 3 saturated carbocycles. The monoisotopic (exact) mass is 416 g/mol. The van der Waals surface area contributed by atoms with Gasteiger partial charge in [-0.05, 0) is 92.3 Å². The van der Waals surface area contributed by atoms with Crippen molar-refractivity contribution in [3.8, 4) is 0 Å². The maximum Gasteiger partial charge on any atom is 0.155 e. The Morgan fingerprint density at radius 2 is 1.93 bits per heavy atom. The van der Waals surface area contributed by atoms with Crippen molar-refractivity contribution in [1.82, 2.24) is 0 Å². The van der Waals surface area contributed by atoms with Crippen molar-refractivity contribution >= 4 is 23.3 Å². The van der Waals surface area contributed by atoms with Crippen LogP contribution in [0.1, 0.15) is 91.9 Å². The second-order valence-electron chi connectivity index (χ2n) is 10.9. The van der Waals surface area contributed by atoms with Gasteiger partial charge in [0.2, 0.25) is 0 Å². The Kier molecular flexibility index (Phi) is 6.10. The van der Waals surface area contributed by atoms with Crippen molar-refractivity contribution < 1.29 is 9.59 Å². The summed E-state index contributed by atoms with van der Waals surface area (Å²) in [6.07, 6.45) is 13.6. The van der Waals surface area contributed by atoms with Gasteiger partial charge in [0.25, 0.3) is 0 Å². The van der Waals surface area contributed by atoms with Gasteiger partial charge in [-0.15, -0.1) is 0 Å². The molecular formula is C26H40O2S. The SMILES string of the molecule is CCCCCS[C@@H]1CC2=CC(=O)CC[C@]2(C)[C@H]2CC[C@]3(C)[C@@H](C(C)=O)CC[C@H]3[C@H]12. The molecule has 0 aliphatic heterocycles. The molecule has 0 N–H and O–H groups in total. The van der Waals surface area contributed by atoms with Crippen LogP contribution in [0.5, 0.6) is 0 Å². The molecule has 0 unspecified atom stereocenters. The number of carbonyl (C=O) groups excluding carboxylic acids is 2. The first-order chi connectivity index (χ1) is 13.8. The van der Waals surface area contributed by atoms with Gasteiger partial charge in [-0.3, -0.25) is 9.59 Å². The van der Waals surface area contributed by atoms with E-state index in [1.807, 2.05) is 13.0 Å². The number of fused-ring (bicyclic) bond motifs is 5. The molecule has 3 heteroatoms. The molecule has 3 fully saturated rings. The van der Waals surface area contributed by atoms with E-state index in [-0.39, 0.29) is 16.7 Å². The lowest BCUT2D eigenvalue weighted by Gasteiger charge is -2.60. The minimum atomic E-state index is 0.206. The smallest absolute Gasteiger partial charge is 0.155 e. The van der Waals surface area contributed by atoms with Crippen molar-refractivity contribution in [2.24, 2.45) is 34.5 Å². The predicted octanol–water partition coefficient (Wildman–Crippen LogP) is 6.63. The third-order valence-electron chi connectivity index (χ3n) is 9.53. The molecule has 0 aromatic heterocycles. The Hall–Kier alpha value is -0.570. The minimum absolute atomic E-state index is 0.206. The third kappa shape index (κ3) is 3.58. The van der Waals surface area contributed by atoms with Crippen LogP contribution >= 0.6 is 11.8 Å². The molecule has 0 spiro atoms. The largest absolute Gasteiger partial charge is 0.300 e. The summed E-state index contributed by atoms with van der Waals surface area (Å²) in [5.74, 6) is 4.41. The number of thioether (sulfide) groups is 1. The number of carbonyl (C=O) groups is 2. The fourth-order valence-electron chi connectivity index (χ4n) is 7.92. The summed E-state index contributed by atoms with van der Waals surface area (Å²) in [5, 5.41) is 0.636. The highest BCUT2D eigenvalue weighted by molar-refractivity contribution is 7.99. The molecule has 4 rings (SSSR count). The molecule has 162 valence electrons. The Morgan fingerprint density at radius 3 is 2.66 bits per heavy atom. The maximum atomic E-state index is 12.5. The van der Waals surface area contributed by atoms with Crippen LogP contribution in [-0.2, 0) is 9.59 Å². The fraction of sp³-hybridized carbons (Fsp3) is 0.846. The fourth-order valence-corrected chi connectivity index (χ4v) is 9.50. The number of rotatable bonds is 6. The molecule has 2 nitrogen and oxygen atoms in total. The van der Waals surface area contributed by atoms with Crippen LogP contribution < -0.4 is 0 Å². The minimum Gasteiger partial charge on any atom is -0.300 e. The zero-order valence-corrected chi connectivity index (χ0v) is 19.8. The first-order valence-electron chi connectivity index (χ1n) is 12.2. The number of hydrogen-bond acceptors (Lipinski definition) is 3. The van der Waals surface area contributed by atoms with E-state index in [1.165, 1.54) is 49.9 Å². The number of ketones is 2. The van der Waals surface area contributed by atoms with Crippen molar-refractivity contribution in [2.45, 2.75) is 97.2 Å². The van der Waals surface area contributed by atoms with E-state index in [1.54, 1.807) is 0 Å². The number of hydrogen-bond donors (Lipinski definition) is 0. The molecule has 0 saturated heterocycles. The van der Waals surface area contributed by atoms with Gasteiger partial charge in [0.15, 0.2) is 5.78 Å². The summed E-state index contributed by atoms with van der Waals surface area (Å²) in [5.41, 5.74) is 1.89. The average Bonchev–Trinajstić information content (AvgIpc) is 3.03.